The molecule has 1 amide bonds. The predicted octanol–water partition coefficient (Wildman–Crippen LogP) is 3.28. The maximum atomic E-state index is 13.0. The van der Waals surface area contributed by atoms with E-state index in [-0.39, 0.29) is 9.92 Å². The normalized spacial score (nSPS) is 11.2. The van der Waals surface area contributed by atoms with Gasteiger partial charge in [0, 0.05) is 19.3 Å². The first-order chi connectivity index (χ1) is 12.2. The Balaban J connectivity index is 2.44. The lowest BCUT2D eigenvalue weighted by atomic mass is 10.1. The molecule has 7 heteroatoms. The Hall–Kier alpha value is -2.67. The summed E-state index contributed by atoms with van der Waals surface area (Å²) in [5.41, 5.74) is 2.30. The van der Waals surface area contributed by atoms with Gasteiger partial charge in [-0.25, -0.2) is 13.2 Å². The van der Waals surface area contributed by atoms with Crippen molar-refractivity contribution in [2.45, 2.75) is 30.7 Å². The molecular formula is C19H23N3O3S. The second-order valence-corrected chi connectivity index (χ2v) is 7.93. The van der Waals surface area contributed by atoms with Crippen LogP contribution in [0, 0.1) is 20.8 Å². The van der Waals surface area contributed by atoms with E-state index in [4.69, 9.17) is 0 Å². The van der Waals surface area contributed by atoms with Crippen molar-refractivity contribution in [2.24, 2.45) is 0 Å². The largest absolute Gasteiger partial charge is 0.345 e. The molecule has 2 aromatic rings. The molecular weight excluding hydrogens is 350 g/mol. The van der Waals surface area contributed by atoms with Crippen LogP contribution in [0.15, 0.2) is 59.6 Å². The van der Waals surface area contributed by atoms with Crippen molar-refractivity contribution >= 4 is 15.9 Å². The predicted molar refractivity (Wildman–Crippen MR) is 101 cm³/mol. The average Bonchev–Trinajstić information content (AvgIpc) is 3.03. The van der Waals surface area contributed by atoms with Crippen LogP contribution in [0.3, 0.4) is 0 Å². The lowest BCUT2D eigenvalue weighted by molar-refractivity contribution is 0.206. The van der Waals surface area contributed by atoms with Gasteiger partial charge >= 0.3 is 6.03 Å². The highest BCUT2D eigenvalue weighted by Crippen LogP contribution is 2.27. The molecule has 1 aromatic heterocycles. The van der Waals surface area contributed by atoms with Gasteiger partial charge in [-0.15, -0.1) is 13.2 Å². The SMILES string of the molecule is C=CCN(CC=C)C(=O)n1ccc(S(=O)(=O)c2c(C)cc(C)cc2C)n1. The first-order valence-corrected chi connectivity index (χ1v) is 9.60. The number of aryl methyl sites for hydroxylation is 3. The number of nitrogens with zero attached hydrogens (tertiary/aromatic N) is 3. The number of amides is 1. The Morgan fingerprint density at radius 1 is 1.15 bits per heavy atom. The Labute approximate surface area is 154 Å². The number of carbonyl (C=O) groups excluding carboxylic acids is 1. The van der Waals surface area contributed by atoms with Gasteiger partial charge in [-0.2, -0.15) is 9.78 Å². The minimum Gasteiger partial charge on any atom is -0.315 e. The van der Waals surface area contributed by atoms with Crippen LogP contribution in [0.2, 0.25) is 0 Å². The first kappa shape index (κ1) is 19.7. The Morgan fingerprint density at radius 2 is 1.69 bits per heavy atom. The molecule has 6 nitrogen and oxygen atoms in total. The van der Waals surface area contributed by atoms with Gasteiger partial charge < -0.3 is 4.90 Å². The minimum atomic E-state index is -3.82. The fourth-order valence-electron chi connectivity index (χ4n) is 2.94. The lowest BCUT2D eigenvalue weighted by Crippen LogP contribution is -2.35. The molecule has 0 N–H and O–H groups in total. The van der Waals surface area contributed by atoms with Gasteiger partial charge in [0.15, 0.2) is 5.03 Å². The number of aromatic nitrogens is 2. The zero-order valence-corrected chi connectivity index (χ0v) is 16.1. The van der Waals surface area contributed by atoms with Gasteiger partial charge in [-0.3, -0.25) is 0 Å². The van der Waals surface area contributed by atoms with Crippen LogP contribution in [0.5, 0.6) is 0 Å². The molecule has 0 aliphatic rings. The molecule has 0 bridgehead atoms. The summed E-state index contributed by atoms with van der Waals surface area (Å²) in [6, 6.07) is 4.53. The van der Waals surface area contributed by atoms with E-state index >= 15 is 0 Å². The second-order valence-electron chi connectivity index (χ2n) is 6.09. The molecule has 2 rings (SSSR count). The Morgan fingerprint density at radius 3 is 2.19 bits per heavy atom. The molecule has 26 heavy (non-hydrogen) atoms. The number of benzene rings is 1. The number of sulfone groups is 1. The van der Waals surface area contributed by atoms with E-state index in [1.54, 1.807) is 26.0 Å². The monoisotopic (exact) mass is 373 g/mol. The molecule has 1 aromatic carbocycles. The van der Waals surface area contributed by atoms with Gasteiger partial charge in [0.1, 0.15) is 0 Å². The standard InChI is InChI=1S/C19H23N3O3S/c1-6-9-21(10-7-2)19(23)22-11-8-17(20-22)26(24,25)18-15(4)12-14(3)13-16(18)5/h6-8,11-13H,1-2,9-10H2,3-5H3. The van der Waals surface area contributed by atoms with E-state index in [9.17, 15) is 13.2 Å². The van der Waals surface area contributed by atoms with Crippen molar-refractivity contribution in [3.8, 4) is 0 Å². The zero-order valence-electron chi connectivity index (χ0n) is 15.3. The van der Waals surface area contributed by atoms with Crippen LogP contribution in [-0.2, 0) is 9.84 Å². The summed E-state index contributed by atoms with van der Waals surface area (Å²) < 4.78 is 27.0. The number of hydrogen-bond donors (Lipinski definition) is 0. The molecule has 1 heterocycles. The minimum absolute atomic E-state index is 0.155. The maximum Gasteiger partial charge on any atom is 0.345 e. The summed E-state index contributed by atoms with van der Waals surface area (Å²) in [5, 5.41) is 3.86. The van der Waals surface area contributed by atoms with E-state index in [0.29, 0.717) is 24.2 Å². The summed E-state index contributed by atoms with van der Waals surface area (Å²) in [5.74, 6) is 0. The molecule has 0 aliphatic heterocycles. The maximum absolute atomic E-state index is 13.0. The fraction of sp³-hybridized carbons (Fsp3) is 0.263. The third kappa shape index (κ3) is 3.77. The van der Waals surface area contributed by atoms with Crippen LogP contribution in [0.1, 0.15) is 16.7 Å². The third-order valence-electron chi connectivity index (χ3n) is 3.88. The van der Waals surface area contributed by atoms with Gasteiger partial charge in [-0.1, -0.05) is 29.8 Å². The molecule has 0 radical (unpaired) electrons. The Bertz CT molecular complexity index is 925. The summed E-state index contributed by atoms with van der Waals surface area (Å²) in [6.07, 6.45) is 4.52. The van der Waals surface area contributed by atoms with Crippen LogP contribution in [-0.4, -0.2) is 42.2 Å². The molecule has 138 valence electrons. The lowest BCUT2D eigenvalue weighted by Gasteiger charge is -2.18. The van der Waals surface area contributed by atoms with E-state index in [2.05, 4.69) is 18.3 Å². The average molecular weight is 373 g/mol. The highest BCUT2D eigenvalue weighted by atomic mass is 32.2. The Kier molecular flexibility index (Phi) is 5.82. The van der Waals surface area contributed by atoms with E-state index < -0.39 is 15.9 Å². The molecule has 0 unspecified atom stereocenters. The van der Waals surface area contributed by atoms with E-state index in [1.807, 2.05) is 19.1 Å². The number of carbonyl (C=O) groups is 1. The number of rotatable bonds is 6. The smallest absolute Gasteiger partial charge is 0.315 e. The van der Waals surface area contributed by atoms with Gasteiger partial charge in [0.25, 0.3) is 0 Å². The molecule has 0 atom stereocenters. The summed E-state index contributed by atoms with van der Waals surface area (Å²) >= 11 is 0. The highest BCUT2D eigenvalue weighted by molar-refractivity contribution is 7.91. The molecule has 0 saturated carbocycles. The van der Waals surface area contributed by atoms with Crippen molar-refractivity contribution in [1.82, 2.24) is 14.7 Å². The topological polar surface area (TPSA) is 72.3 Å². The summed E-state index contributed by atoms with van der Waals surface area (Å²) in [4.78, 5) is 14.2. The van der Waals surface area contributed by atoms with Gasteiger partial charge in [0.05, 0.1) is 4.90 Å². The molecule has 0 aliphatic carbocycles. The van der Waals surface area contributed by atoms with Crippen molar-refractivity contribution in [2.75, 3.05) is 13.1 Å². The third-order valence-corrected chi connectivity index (χ3v) is 5.83. The summed E-state index contributed by atoms with van der Waals surface area (Å²) in [6.45, 7) is 13.3. The van der Waals surface area contributed by atoms with Crippen LogP contribution in [0.4, 0.5) is 4.79 Å². The zero-order chi connectivity index (χ0) is 19.5. The van der Waals surface area contributed by atoms with E-state index in [1.165, 1.54) is 17.2 Å². The van der Waals surface area contributed by atoms with Crippen molar-refractivity contribution < 1.29 is 13.2 Å². The highest BCUT2D eigenvalue weighted by Gasteiger charge is 2.26. The second kappa shape index (κ2) is 7.70. The van der Waals surface area contributed by atoms with Gasteiger partial charge in [0.2, 0.25) is 9.84 Å². The van der Waals surface area contributed by atoms with Crippen molar-refractivity contribution in [3.05, 3.63) is 66.4 Å². The van der Waals surface area contributed by atoms with E-state index in [0.717, 1.165) is 10.2 Å². The molecule has 0 fully saturated rings. The molecule has 0 saturated heterocycles. The first-order valence-electron chi connectivity index (χ1n) is 8.12. The van der Waals surface area contributed by atoms with Crippen LogP contribution >= 0.6 is 0 Å². The molecule has 0 spiro atoms. The van der Waals surface area contributed by atoms with Crippen molar-refractivity contribution in [1.29, 1.82) is 0 Å². The van der Waals surface area contributed by atoms with Crippen molar-refractivity contribution in [3.63, 3.8) is 0 Å². The fourth-order valence-corrected chi connectivity index (χ4v) is 4.55. The van der Waals surface area contributed by atoms with Gasteiger partial charge in [-0.05, 0) is 38.0 Å². The van der Waals surface area contributed by atoms with Crippen LogP contribution in [0.25, 0.3) is 0 Å². The summed E-state index contributed by atoms with van der Waals surface area (Å²) in [7, 11) is -3.82. The van der Waals surface area contributed by atoms with Crippen LogP contribution < -0.4 is 0 Å². The number of hydrogen-bond acceptors (Lipinski definition) is 4. The quantitative estimate of drug-likeness (QED) is 0.729.